The van der Waals surface area contributed by atoms with Crippen LogP contribution in [0.5, 0.6) is 0 Å². The number of benzene rings is 2. The number of hydrogen-bond donors (Lipinski definition) is 1. The molecule has 3 nitrogen and oxygen atoms in total. The van der Waals surface area contributed by atoms with Gasteiger partial charge in [0, 0.05) is 12.1 Å². The second-order valence-corrected chi connectivity index (χ2v) is 5.50. The van der Waals surface area contributed by atoms with Crippen LogP contribution in [-0.4, -0.2) is 11.9 Å². The van der Waals surface area contributed by atoms with Gasteiger partial charge in [0.1, 0.15) is 6.04 Å². The quantitative estimate of drug-likeness (QED) is 0.919. The van der Waals surface area contributed by atoms with Crippen LogP contribution in [0.1, 0.15) is 18.1 Å². The van der Waals surface area contributed by atoms with Gasteiger partial charge in [0.2, 0.25) is 5.91 Å². The molecular weight excluding hydrogens is 286 g/mol. The van der Waals surface area contributed by atoms with Crippen molar-refractivity contribution in [1.29, 1.82) is 0 Å². The van der Waals surface area contributed by atoms with E-state index in [0.717, 1.165) is 23.3 Å². The minimum Gasteiger partial charge on any atom is -0.372 e. The number of carbonyl (C=O) groups is 1. The van der Waals surface area contributed by atoms with Gasteiger partial charge in [0.25, 0.3) is 0 Å². The maximum atomic E-state index is 13.6. The molecule has 0 fully saturated rings. The van der Waals surface area contributed by atoms with Gasteiger partial charge in [-0.2, -0.15) is 0 Å². The maximum absolute atomic E-state index is 13.6. The van der Waals surface area contributed by atoms with E-state index >= 15 is 0 Å². The molecule has 1 heterocycles. The van der Waals surface area contributed by atoms with Gasteiger partial charge in [-0.1, -0.05) is 24.3 Å². The summed E-state index contributed by atoms with van der Waals surface area (Å²) in [6, 6.07) is 9.38. The molecule has 0 saturated carbocycles. The molecule has 1 aliphatic rings. The van der Waals surface area contributed by atoms with Crippen molar-refractivity contribution in [1.82, 2.24) is 0 Å². The molecule has 1 unspecified atom stereocenters. The van der Waals surface area contributed by atoms with E-state index in [1.54, 1.807) is 6.92 Å². The van der Waals surface area contributed by atoms with Gasteiger partial charge < -0.3 is 10.2 Å². The Hall–Kier alpha value is -2.43. The molecular formula is C17H16F2N2O. The highest BCUT2D eigenvalue weighted by molar-refractivity contribution is 6.04. The van der Waals surface area contributed by atoms with Crippen molar-refractivity contribution in [2.75, 3.05) is 10.2 Å². The second-order valence-electron chi connectivity index (χ2n) is 5.50. The number of nitrogens with zero attached hydrogens (tertiary/aromatic N) is 1. The predicted octanol–water partition coefficient (Wildman–Crippen LogP) is 3.62. The van der Waals surface area contributed by atoms with Gasteiger partial charge in [-0.05, 0) is 25.0 Å². The summed E-state index contributed by atoms with van der Waals surface area (Å²) in [6.45, 7) is 3.99. The van der Waals surface area contributed by atoms with E-state index in [4.69, 9.17) is 0 Å². The van der Waals surface area contributed by atoms with Crippen LogP contribution in [0, 0.1) is 18.6 Å². The zero-order chi connectivity index (χ0) is 15.9. The second kappa shape index (κ2) is 5.40. The third-order valence-electron chi connectivity index (χ3n) is 3.93. The van der Waals surface area contributed by atoms with Crippen molar-refractivity contribution in [3.63, 3.8) is 0 Å². The monoisotopic (exact) mass is 302 g/mol. The number of carbonyl (C=O) groups excluding carboxylic acids is 1. The molecule has 0 aromatic heterocycles. The first-order valence-corrected chi connectivity index (χ1v) is 7.09. The Kier molecular flexibility index (Phi) is 3.56. The minimum atomic E-state index is -0.960. The first kappa shape index (κ1) is 14.5. The normalized spacial score (nSPS) is 17.2. The molecule has 1 N–H and O–H groups in total. The summed E-state index contributed by atoms with van der Waals surface area (Å²) in [4.78, 5) is 13.9. The molecule has 0 spiro atoms. The number of nitrogens with one attached hydrogen (secondary N) is 1. The highest BCUT2D eigenvalue weighted by Crippen LogP contribution is 2.34. The molecule has 0 bridgehead atoms. The number of aryl methyl sites for hydroxylation is 1. The first-order valence-electron chi connectivity index (χ1n) is 7.09. The van der Waals surface area contributed by atoms with E-state index in [2.05, 4.69) is 5.32 Å². The van der Waals surface area contributed by atoms with Crippen LogP contribution in [0.25, 0.3) is 0 Å². The van der Waals surface area contributed by atoms with Crippen LogP contribution < -0.4 is 10.2 Å². The van der Waals surface area contributed by atoms with Crippen LogP contribution in [0.3, 0.4) is 0 Å². The number of amides is 1. The molecule has 0 aliphatic carbocycles. The Morgan fingerprint density at radius 3 is 2.59 bits per heavy atom. The maximum Gasteiger partial charge on any atom is 0.249 e. The molecule has 2 aromatic carbocycles. The molecule has 1 amide bonds. The lowest BCUT2D eigenvalue weighted by molar-refractivity contribution is -0.119. The smallest absolute Gasteiger partial charge is 0.249 e. The van der Waals surface area contributed by atoms with Gasteiger partial charge in [0.15, 0.2) is 11.6 Å². The van der Waals surface area contributed by atoms with E-state index in [1.807, 2.05) is 31.2 Å². The summed E-state index contributed by atoms with van der Waals surface area (Å²) < 4.78 is 27.0. The third-order valence-corrected chi connectivity index (χ3v) is 3.93. The number of rotatable bonds is 2. The van der Waals surface area contributed by atoms with Gasteiger partial charge in [-0.3, -0.25) is 4.79 Å². The fraction of sp³-hybridized carbons (Fsp3) is 0.235. The summed E-state index contributed by atoms with van der Waals surface area (Å²) in [6.07, 6.45) is 0. The van der Waals surface area contributed by atoms with Crippen LogP contribution in [-0.2, 0) is 11.3 Å². The van der Waals surface area contributed by atoms with E-state index in [0.29, 0.717) is 17.9 Å². The SMILES string of the molecule is Cc1ccccc1CN1C(=O)C(C)Nc2cc(F)c(F)cc21. The zero-order valence-electron chi connectivity index (χ0n) is 12.4. The lowest BCUT2D eigenvalue weighted by Gasteiger charge is -2.34. The average Bonchev–Trinajstić information content (AvgIpc) is 2.48. The Morgan fingerprint density at radius 1 is 1.18 bits per heavy atom. The van der Waals surface area contributed by atoms with Gasteiger partial charge in [0.05, 0.1) is 17.9 Å². The summed E-state index contributed by atoms with van der Waals surface area (Å²) >= 11 is 0. The van der Waals surface area contributed by atoms with Crippen LogP contribution in [0.4, 0.5) is 20.2 Å². The van der Waals surface area contributed by atoms with Crippen LogP contribution in [0.2, 0.25) is 0 Å². The molecule has 5 heteroatoms. The Bertz CT molecular complexity index is 745. The first-order chi connectivity index (χ1) is 10.5. The van der Waals surface area contributed by atoms with Crippen molar-refractivity contribution >= 4 is 17.3 Å². The summed E-state index contributed by atoms with van der Waals surface area (Å²) in [5.41, 5.74) is 2.82. The van der Waals surface area contributed by atoms with Crippen molar-refractivity contribution < 1.29 is 13.6 Å². The Morgan fingerprint density at radius 2 is 1.86 bits per heavy atom. The molecule has 1 atom stereocenters. The minimum absolute atomic E-state index is 0.165. The Balaban J connectivity index is 2.05. The molecule has 114 valence electrons. The predicted molar refractivity (Wildman–Crippen MR) is 81.8 cm³/mol. The molecule has 22 heavy (non-hydrogen) atoms. The summed E-state index contributed by atoms with van der Waals surface area (Å²) in [7, 11) is 0. The van der Waals surface area contributed by atoms with Crippen molar-refractivity contribution in [3.05, 3.63) is 59.2 Å². The number of anilines is 2. The van der Waals surface area contributed by atoms with Gasteiger partial charge in [-0.15, -0.1) is 0 Å². The largest absolute Gasteiger partial charge is 0.372 e. The van der Waals surface area contributed by atoms with Crippen molar-refractivity contribution in [2.24, 2.45) is 0 Å². The fourth-order valence-corrected chi connectivity index (χ4v) is 2.64. The van der Waals surface area contributed by atoms with E-state index < -0.39 is 17.7 Å². The molecule has 2 aromatic rings. The molecule has 0 radical (unpaired) electrons. The third kappa shape index (κ3) is 2.43. The zero-order valence-corrected chi connectivity index (χ0v) is 12.4. The van der Waals surface area contributed by atoms with Crippen molar-refractivity contribution in [2.45, 2.75) is 26.4 Å². The lowest BCUT2D eigenvalue weighted by atomic mass is 10.0. The van der Waals surface area contributed by atoms with Crippen molar-refractivity contribution in [3.8, 4) is 0 Å². The standard InChI is InChI=1S/C17H16F2N2O/c1-10-5-3-4-6-12(10)9-21-16-8-14(19)13(18)7-15(16)20-11(2)17(21)22/h3-8,11,20H,9H2,1-2H3. The average molecular weight is 302 g/mol. The fourth-order valence-electron chi connectivity index (χ4n) is 2.64. The number of fused-ring (bicyclic) bond motifs is 1. The lowest BCUT2D eigenvalue weighted by Crippen LogP contribution is -2.45. The highest BCUT2D eigenvalue weighted by Gasteiger charge is 2.31. The van der Waals surface area contributed by atoms with Crippen LogP contribution >= 0.6 is 0 Å². The molecule has 3 rings (SSSR count). The summed E-state index contributed by atoms with van der Waals surface area (Å²) in [5, 5.41) is 2.91. The van der Waals surface area contributed by atoms with E-state index in [9.17, 15) is 13.6 Å². The van der Waals surface area contributed by atoms with Gasteiger partial charge in [-0.25, -0.2) is 8.78 Å². The topological polar surface area (TPSA) is 32.3 Å². The van der Waals surface area contributed by atoms with E-state index in [1.165, 1.54) is 4.90 Å². The summed E-state index contributed by atoms with van der Waals surface area (Å²) in [5.74, 6) is -2.05. The van der Waals surface area contributed by atoms with Gasteiger partial charge >= 0.3 is 0 Å². The number of halogens is 2. The Labute approximate surface area is 127 Å². The van der Waals surface area contributed by atoms with Crippen LogP contribution in [0.15, 0.2) is 36.4 Å². The molecule has 0 saturated heterocycles. The molecule has 1 aliphatic heterocycles. The number of hydrogen-bond acceptors (Lipinski definition) is 2. The highest BCUT2D eigenvalue weighted by atomic mass is 19.2. The van der Waals surface area contributed by atoms with E-state index in [-0.39, 0.29) is 5.91 Å².